The summed E-state index contributed by atoms with van der Waals surface area (Å²) in [6.45, 7) is 0.696. The van der Waals surface area contributed by atoms with E-state index in [0.717, 1.165) is 6.07 Å². The largest absolute Gasteiger partial charge is 0.480 e. The minimum absolute atomic E-state index is 0.0149. The summed E-state index contributed by atoms with van der Waals surface area (Å²) in [4.78, 5) is 10.2. The van der Waals surface area contributed by atoms with E-state index in [0.29, 0.717) is 10.4 Å². The first kappa shape index (κ1) is 15.8. The molecule has 0 spiro atoms. The first-order valence-corrected chi connectivity index (χ1v) is 7.47. The Morgan fingerprint density at radius 1 is 1.38 bits per heavy atom. The second-order valence-corrected chi connectivity index (χ2v) is 6.44. The minimum Gasteiger partial charge on any atom is -0.480 e. The van der Waals surface area contributed by atoms with Crippen molar-refractivity contribution >= 4 is 16.0 Å². The molecule has 1 N–H and O–H groups in total. The fraction of sp³-hybridized carbons (Fsp3) is 0.417. The van der Waals surface area contributed by atoms with Gasteiger partial charge >= 0.3 is 5.97 Å². The number of carboxylic acid groups (broad SMARTS) is 1. The summed E-state index contributed by atoms with van der Waals surface area (Å²) in [5, 5.41) is 9.03. The van der Waals surface area contributed by atoms with Gasteiger partial charge in [0.25, 0.3) is 0 Å². The van der Waals surface area contributed by atoms with Gasteiger partial charge in [-0.2, -0.15) is 4.31 Å². The molecule has 0 amide bonds. The van der Waals surface area contributed by atoms with Gasteiger partial charge in [0, 0.05) is 6.54 Å². The normalized spacial score (nSPS) is 20.4. The fourth-order valence-electron chi connectivity index (χ4n) is 2.02. The summed E-state index contributed by atoms with van der Waals surface area (Å²) in [7, 11) is -4.47. The van der Waals surface area contributed by atoms with E-state index in [1.165, 1.54) is 6.92 Å². The average molecular weight is 321 g/mol. The van der Waals surface area contributed by atoms with Crippen LogP contribution >= 0.6 is 0 Å². The van der Waals surface area contributed by atoms with Crippen LogP contribution < -0.4 is 0 Å². The lowest BCUT2D eigenvalue weighted by Crippen LogP contribution is -2.52. The quantitative estimate of drug-likeness (QED) is 0.888. The molecule has 1 aliphatic rings. The Bertz CT molecular complexity index is 676. The maximum Gasteiger partial charge on any atom is 0.324 e. The standard InChI is InChI=1S/C12H13F2NO5S/c1-7-4-9(14)11(5-8(7)13)21(18,19)15-2-3-20-6-10(15)12(16)17/h4-5,10H,2-3,6H2,1H3,(H,16,17). The molecule has 0 radical (unpaired) electrons. The Morgan fingerprint density at radius 2 is 2.05 bits per heavy atom. The third-order valence-corrected chi connectivity index (χ3v) is 5.09. The van der Waals surface area contributed by atoms with Crippen molar-refractivity contribution in [1.82, 2.24) is 4.31 Å². The van der Waals surface area contributed by atoms with Crippen LogP contribution in [0.3, 0.4) is 0 Å². The first-order valence-electron chi connectivity index (χ1n) is 6.03. The van der Waals surface area contributed by atoms with Gasteiger partial charge in [-0.05, 0) is 24.6 Å². The molecule has 6 nitrogen and oxygen atoms in total. The molecular formula is C12H13F2NO5S. The molecule has 2 rings (SSSR count). The number of nitrogens with zero attached hydrogens (tertiary/aromatic N) is 1. The molecule has 1 heterocycles. The highest BCUT2D eigenvalue weighted by atomic mass is 32.2. The number of carbonyl (C=O) groups is 1. The number of hydrogen-bond acceptors (Lipinski definition) is 4. The molecule has 0 aliphatic carbocycles. The lowest BCUT2D eigenvalue weighted by Gasteiger charge is -2.31. The molecule has 0 aromatic heterocycles. The number of morpholine rings is 1. The molecule has 1 atom stereocenters. The van der Waals surface area contributed by atoms with Crippen LogP contribution in [0.5, 0.6) is 0 Å². The SMILES string of the molecule is Cc1cc(F)c(S(=O)(=O)N2CCOCC2C(=O)O)cc1F. The topological polar surface area (TPSA) is 83.9 Å². The lowest BCUT2D eigenvalue weighted by atomic mass is 10.2. The van der Waals surface area contributed by atoms with Crippen molar-refractivity contribution in [3.05, 3.63) is 29.3 Å². The summed E-state index contributed by atoms with van der Waals surface area (Å²) in [6, 6.07) is -0.139. The smallest absolute Gasteiger partial charge is 0.324 e. The Balaban J connectivity index is 2.50. The van der Waals surface area contributed by atoms with Crippen molar-refractivity contribution < 1.29 is 31.8 Å². The van der Waals surface area contributed by atoms with Crippen molar-refractivity contribution in [2.75, 3.05) is 19.8 Å². The molecule has 9 heteroatoms. The number of halogens is 2. The monoisotopic (exact) mass is 321 g/mol. The van der Waals surface area contributed by atoms with E-state index in [9.17, 15) is 22.0 Å². The second kappa shape index (κ2) is 5.66. The Kier molecular flexibility index (Phi) is 4.26. The highest BCUT2D eigenvalue weighted by Crippen LogP contribution is 2.25. The van der Waals surface area contributed by atoms with Gasteiger partial charge in [0.05, 0.1) is 13.2 Å². The summed E-state index contributed by atoms with van der Waals surface area (Å²) in [5.41, 5.74) is -0.0387. The summed E-state index contributed by atoms with van der Waals surface area (Å²) in [5.74, 6) is -3.41. The zero-order chi connectivity index (χ0) is 15.8. The lowest BCUT2D eigenvalue weighted by molar-refractivity contribution is -0.146. The number of benzene rings is 1. The number of aryl methyl sites for hydroxylation is 1. The van der Waals surface area contributed by atoms with Gasteiger partial charge in [-0.1, -0.05) is 0 Å². The van der Waals surface area contributed by atoms with Crippen LogP contribution in [0.25, 0.3) is 0 Å². The number of ether oxygens (including phenoxy) is 1. The number of aliphatic carboxylic acids is 1. The number of carboxylic acids is 1. The van der Waals surface area contributed by atoms with Crippen LogP contribution in [-0.2, 0) is 19.6 Å². The van der Waals surface area contributed by atoms with E-state index in [4.69, 9.17) is 9.84 Å². The van der Waals surface area contributed by atoms with Crippen LogP contribution in [0.1, 0.15) is 5.56 Å². The van der Waals surface area contributed by atoms with Crippen LogP contribution in [0.15, 0.2) is 17.0 Å². The van der Waals surface area contributed by atoms with Crippen LogP contribution in [-0.4, -0.2) is 49.6 Å². The maximum atomic E-state index is 13.9. The Hall–Kier alpha value is -1.58. The first-order chi connectivity index (χ1) is 9.75. The molecule has 0 saturated carbocycles. The van der Waals surface area contributed by atoms with Gasteiger partial charge in [0.15, 0.2) is 0 Å². The van der Waals surface area contributed by atoms with Gasteiger partial charge < -0.3 is 9.84 Å². The van der Waals surface area contributed by atoms with Crippen molar-refractivity contribution in [3.63, 3.8) is 0 Å². The molecule has 1 aromatic carbocycles. The van der Waals surface area contributed by atoms with E-state index in [1.54, 1.807) is 0 Å². The van der Waals surface area contributed by atoms with Gasteiger partial charge in [-0.3, -0.25) is 4.79 Å². The third-order valence-electron chi connectivity index (χ3n) is 3.16. The van der Waals surface area contributed by atoms with E-state index < -0.39 is 38.6 Å². The van der Waals surface area contributed by atoms with Crippen molar-refractivity contribution in [2.24, 2.45) is 0 Å². The van der Waals surface area contributed by atoms with E-state index in [-0.39, 0.29) is 25.3 Å². The predicted molar refractivity (Wildman–Crippen MR) is 67.2 cm³/mol. The Morgan fingerprint density at radius 3 is 2.67 bits per heavy atom. The summed E-state index contributed by atoms with van der Waals surface area (Å²) in [6.07, 6.45) is 0. The highest BCUT2D eigenvalue weighted by molar-refractivity contribution is 7.89. The van der Waals surface area contributed by atoms with Crippen LogP contribution in [0.4, 0.5) is 8.78 Å². The van der Waals surface area contributed by atoms with Crippen molar-refractivity contribution in [3.8, 4) is 0 Å². The molecule has 0 bridgehead atoms. The van der Waals surface area contributed by atoms with Crippen LogP contribution in [0, 0.1) is 18.6 Å². The van der Waals surface area contributed by atoms with Crippen molar-refractivity contribution in [2.45, 2.75) is 17.9 Å². The molecule has 1 unspecified atom stereocenters. The molecule has 1 saturated heterocycles. The minimum atomic E-state index is -4.47. The number of sulfonamides is 1. The van der Waals surface area contributed by atoms with E-state index >= 15 is 0 Å². The Labute approximate surface area is 120 Å². The highest BCUT2D eigenvalue weighted by Gasteiger charge is 2.39. The van der Waals surface area contributed by atoms with Crippen LogP contribution in [0.2, 0.25) is 0 Å². The molecule has 1 aliphatic heterocycles. The van der Waals surface area contributed by atoms with E-state index in [1.807, 2.05) is 0 Å². The molecular weight excluding hydrogens is 308 g/mol. The third kappa shape index (κ3) is 2.89. The average Bonchev–Trinajstić information content (AvgIpc) is 2.42. The number of rotatable bonds is 3. The second-order valence-electron chi connectivity index (χ2n) is 4.58. The number of hydrogen-bond donors (Lipinski definition) is 1. The summed E-state index contributed by atoms with van der Waals surface area (Å²) < 4.78 is 57.7. The van der Waals surface area contributed by atoms with Gasteiger partial charge in [-0.15, -0.1) is 0 Å². The van der Waals surface area contributed by atoms with Gasteiger partial charge in [-0.25, -0.2) is 17.2 Å². The zero-order valence-electron chi connectivity index (χ0n) is 11.0. The zero-order valence-corrected chi connectivity index (χ0v) is 11.9. The molecule has 21 heavy (non-hydrogen) atoms. The van der Waals surface area contributed by atoms with Crippen molar-refractivity contribution in [1.29, 1.82) is 0 Å². The summed E-state index contributed by atoms with van der Waals surface area (Å²) >= 11 is 0. The maximum absolute atomic E-state index is 13.9. The molecule has 116 valence electrons. The fourth-order valence-corrected chi connectivity index (χ4v) is 3.63. The van der Waals surface area contributed by atoms with E-state index in [2.05, 4.69) is 0 Å². The van der Waals surface area contributed by atoms with Gasteiger partial charge in [0.2, 0.25) is 10.0 Å². The molecule has 1 fully saturated rings. The predicted octanol–water partition coefficient (Wildman–Crippen LogP) is 0.747. The molecule has 1 aromatic rings. The van der Waals surface area contributed by atoms with Gasteiger partial charge in [0.1, 0.15) is 22.6 Å².